The van der Waals surface area contributed by atoms with Gasteiger partial charge in [0.05, 0.1) is 5.41 Å². The highest BCUT2D eigenvalue weighted by Crippen LogP contribution is 2.44. The highest BCUT2D eigenvalue weighted by Gasteiger charge is 2.45. The van der Waals surface area contributed by atoms with E-state index in [2.05, 4.69) is 15.6 Å². The number of pyridine rings is 1. The van der Waals surface area contributed by atoms with Crippen LogP contribution in [0, 0.1) is 0 Å². The fourth-order valence-electron chi connectivity index (χ4n) is 3.57. The molecule has 0 unspecified atom stereocenters. The number of anilines is 2. The van der Waals surface area contributed by atoms with Crippen LogP contribution >= 0.6 is 11.6 Å². The van der Waals surface area contributed by atoms with E-state index in [1.54, 1.807) is 48.8 Å². The third kappa shape index (κ3) is 4.00. The molecule has 3 aromatic rings. The van der Waals surface area contributed by atoms with Gasteiger partial charge in [0.2, 0.25) is 5.91 Å². The Morgan fingerprint density at radius 2 is 1.62 bits per heavy atom. The van der Waals surface area contributed by atoms with Crippen LogP contribution in [0.5, 0.6) is 0 Å². The molecule has 1 aliphatic rings. The van der Waals surface area contributed by atoms with Crippen LogP contribution in [0.15, 0.2) is 73.1 Å². The number of amides is 2. The van der Waals surface area contributed by atoms with E-state index >= 15 is 0 Å². The molecule has 0 atom stereocenters. The molecule has 6 heteroatoms. The van der Waals surface area contributed by atoms with Crippen molar-refractivity contribution in [1.29, 1.82) is 0 Å². The van der Waals surface area contributed by atoms with Crippen molar-refractivity contribution in [2.45, 2.75) is 24.7 Å². The largest absolute Gasteiger partial charge is 0.325 e. The maximum absolute atomic E-state index is 13.1. The van der Waals surface area contributed by atoms with E-state index in [1.165, 1.54) is 0 Å². The summed E-state index contributed by atoms with van der Waals surface area (Å²) >= 11 is 6.00. The number of aromatic nitrogens is 1. The zero-order valence-corrected chi connectivity index (χ0v) is 16.4. The highest BCUT2D eigenvalue weighted by atomic mass is 35.5. The summed E-state index contributed by atoms with van der Waals surface area (Å²) < 4.78 is 0. The fourth-order valence-corrected chi connectivity index (χ4v) is 3.70. The lowest BCUT2D eigenvalue weighted by atomic mass is 9.64. The molecular weight excluding hydrogens is 386 g/mol. The maximum atomic E-state index is 13.1. The molecule has 0 bridgehead atoms. The van der Waals surface area contributed by atoms with E-state index in [0.29, 0.717) is 22.0 Å². The number of nitrogens with zero attached hydrogens (tertiary/aromatic N) is 1. The molecule has 1 fully saturated rings. The lowest BCUT2D eigenvalue weighted by Gasteiger charge is -2.40. The zero-order chi connectivity index (χ0) is 20.3. The van der Waals surface area contributed by atoms with E-state index in [4.69, 9.17) is 11.6 Å². The van der Waals surface area contributed by atoms with Crippen molar-refractivity contribution < 1.29 is 9.59 Å². The van der Waals surface area contributed by atoms with Crippen LogP contribution < -0.4 is 10.6 Å². The number of carbonyl (C=O) groups excluding carboxylic acids is 2. The molecule has 2 amide bonds. The average molecular weight is 406 g/mol. The van der Waals surface area contributed by atoms with Gasteiger partial charge in [-0.2, -0.15) is 0 Å². The second kappa shape index (κ2) is 8.05. The summed E-state index contributed by atoms with van der Waals surface area (Å²) in [5, 5.41) is 6.46. The molecule has 4 rings (SSSR count). The summed E-state index contributed by atoms with van der Waals surface area (Å²) in [6, 6.07) is 17.8. The van der Waals surface area contributed by atoms with E-state index in [0.717, 1.165) is 24.8 Å². The number of hydrogen-bond acceptors (Lipinski definition) is 3. The second-order valence-electron chi connectivity index (χ2n) is 7.17. The number of hydrogen-bond donors (Lipinski definition) is 2. The van der Waals surface area contributed by atoms with Gasteiger partial charge in [0.1, 0.15) is 0 Å². The van der Waals surface area contributed by atoms with E-state index in [9.17, 15) is 9.59 Å². The summed E-state index contributed by atoms with van der Waals surface area (Å²) in [7, 11) is 0. The first-order valence-electron chi connectivity index (χ1n) is 9.46. The lowest BCUT2D eigenvalue weighted by molar-refractivity contribution is -0.124. The molecule has 1 saturated carbocycles. The Kier molecular flexibility index (Phi) is 5.32. The van der Waals surface area contributed by atoms with Gasteiger partial charge in [0, 0.05) is 34.4 Å². The Bertz CT molecular complexity index is 1030. The quantitative estimate of drug-likeness (QED) is 0.624. The minimum absolute atomic E-state index is 0.0576. The Labute approximate surface area is 174 Å². The van der Waals surface area contributed by atoms with E-state index in [-0.39, 0.29) is 11.8 Å². The highest BCUT2D eigenvalue weighted by molar-refractivity contribution is 6.30. The number of carbonyl (C=O) groups is 2. The molecule has 0 spiro atoms. The van der Waals surface area contributed by atoms with Gasteiger partial charge >= 0.3 is 0 Å². The van der Waals surface area contributed by atoms with Crippen molar-refractivity contribution in [3.05, 3.63) is 89.2 Å². The van der Waals surface area contributed by atoms with Crippen LogP contribution in [0.3, 0.4) is 0 Å². The first-order valence-corrected chi connectivity index (χ1v) is 9.84. The van der Waals surface area contributed by atoms with Crippen LogP contribution in [0.25, 0.3) is 0 Å². The van der Waals surface area contributed by atoms with Crippen LogP contribution in [0.4, 0.5) is 11.4 Å². The van der Waals surface area contributed by atoms with Gasteiger partial charge < -0.3 is 10.6 Å². The molecule has 0 saturated heterocycles. The summed E-state index contributed by atoms with van der Waals surface area (Å²) in [5.41, 5.74) is 2.15. The lowest BCUT2D eigenvalue weighted by Crippen LogP contribution is -2.46. The van der Waals surface area contributed by atoms with Crippen molar-refractivity contribution in [3.63, 3.8) is 0 Å². The SMILES string of the molecule is O=C(Nc1ccncc1)c1cccc(NC(=O)C2(c3ccc(Cl)cc3)CCC2)c1. The monoisotopic (exact) mass is 405 g/mol. The molecule has 146 valence electrons. The molecule has 1 heterocycles. The van der Waals surface area contributed by atoms with Crippen molar-refractivity contribution in [2.24, 2.45) is 0 Å². The minimum Gasteiger partial charge on any atom is -0.325 e. The first kappa shape index (κ1) is 19.2. The van der Waals surface area contributed by atoms with Crippen LogP contribution in [0.1, 0.15) is 35.2 Å². The number of benzene rings is 2. The van der Waals surface area contributed by atoms with Gasteiger partial charge in [0.15, 0.2) is 0 Å². The maximum Gasteiger partial charge on any atom is 0.255 e. The van der Waals surface area contributed by atoms with Crippen molar-refractivity contribution in [2.75, 3.05) is 10.6 Å². The van der Waals surface area contributed by atoms with Gasteiger partial charge in [-0.3, -0.25) is 14.6 Å². The summed E-state index contributed by atoms with van der Waals surface area (Å²) in [5.74, 6) is -0.305. The minimum atomic E-state index is -0.542. The predicted octanol–water partition coefficient (Wildman–Crippen LogP) is 5.05. The molecule has 2 N–H and O–H groups in total. The molecule has 0 aliphatic heterocycles. The van der Waals surface area contributed by atoms with Crippen LogP contribution in [0.2, 0.25) is 5.02 Å². The van der Waals surface area contributed by atoms with Gasteiger partial charge in [-0.1, -0.05) is 36.2 Å². The van der Waals surface area contributed by atoms with Gasteiger partial charge in [-0.05, 0) is 60.9 Å². The molecule has 5 nitrogen and oxygen atoms in total. The molecule has 2 aromatic carbocycles. The molecular formula is C23H20ClN3O2. The van der Waals surface area contributed by atoms with Crippen molar-refractivity contribution in [1.82, 2.24) is 4.98 Å². The molecule has 0 radical (unpaired) electrons. The third-order valence-electron chi connectivity index (χ3n) is 5.36. The number of halogens is 1. The molecule has 29 heavy (non-hydrogen) atoms. The van der Waals surface area contributed by atoms with Crippen molar-refractivity contribution >= 4 is 34.8 Å². The smallest absolute Gasteiger partial charge is 0.255 e. The van der Waals surface area contributed by atoms with Gasteiger partial charge in [-0.15, -0.1) is 0 Å². The normalized spacial score (nSPS) is 14.5. The molecule has 1 aliphatic carbocycles. The zero-order valence-electron chi connectivity index (χ0n) is 15.7. The predicted molar refractivity (Wildman–Crippen MR) is 114 cm³/mol. The fraction of sp³-hybridized carbons (Fsp3) is 0.174. The second-order valence-corrected chi connectivity index (χ2v) is 7.60. The van der Waals surface area contributed by atoms with Gasteiger partial charge in [0.25, 0.3) is 5.91 Å². The summed E-state index contributed by atoms with van der Waals surface area (Å²) in [6.45, 7) is 0. The first-order chi connectivity index (χ1) is 14.1. The van der Waals surface area contributed by atoms with E-state index < -0.39 is 5.41 Å². The van der Waals surface area contributed by atoms with Gasteiger partial charge in [-0.25, -0.2) is 0 Å². The summed E-state index contributed by atoms with van der Waals surface area (Å²) in [4.78, 5) is 29.6. The van der Waals surface area contributed by atoms with Crippen molar-refractivity contribution in [3.8, 4) is 0 Å². The van der Waals surface area contributed by atoms with Crippen LogP contribution in [-0.2, 0) is 10.2 Å². The summed E-state index contributed by atoms with van der Waals surface area (Å²) in [6.07, 6.45) is 5.82. The standard InChI is InChI=1S/C23H20ClN3O2/c24-18-7-5-17(6-8-18)23(11-2-12-23)22(29)27-20-4-1-3-16(15-20)21(28)26-19-9-13-25-14-10-19/h1,3-10,13-15H,2,11-12H2,(H,27,29)(H,25,26,28). The average Bonchev–Trinajstić information content (AvgIpc) is 2.69. The Morgan fingerprint density at radius 1 is 0.897 bits per heavy atom. The Hall–Kier alpha value is -3.18. The number of rotatable bonds is 5. The Morgan fingerprint density at radius 3 is 2.28 bits per heavy atom. The molecule has 1 aromatic heterocycles. The third-order valence-corrected chi connectivity index (χ3v) is 5.61. The Balaban J connectivity index is 1.50. The van der Waals surface area contributed by atoms with Crippen LogP contribution in [-0.4, -0.2) is 16.8 Å². The number of nitrogens with one attached hydrogen (secondary N) is 2. The van der Waals surface area contributed by atoms with E-state index in [1.807, 2.05) is 24.3 Å². The topological polar surface area (TPSA) is 71.1 Å².